The number of hydrogen-bond donors (Lipinski definition) is 2. The van der Waals surface area contributed by atoms with Crippen LogP contribution in [0.5, 0.6) is 0 Å². The summed E-state index contributed by atoms with van der Waals surface area (Å²) in [6.07, 6.45) is -3.92. The molecule has 2 N–H and O–H groups in total. The lowest BCUT2D eigenvalue weighted by Gasteiger charge is -2.30. The highest BCUT2D eigenvalue weighted by Crippen LogP contribution is 2.51. The highest BCUT2D eigenvalue weighted by atomic mass is 35.5. The molecule has 2 aromatic heterocycles. The number of aromatic nitrogens is 1. The Hall–Kier alpha value is -3.22. The van der Waals surface area contributed by atoms with Gasteiger partial charge in [-0.05, 0) is 73.8 Å². The van der Waals surface area contributed by atoms with Crippen LogP contribution in [0.3, 0.4) is 0 Å². The summed E-state index contributed by atoms with van der Waals surface area (Å²) in [4.78, 5) is 18.6. The van der Waals surface area contributed by atoms with Crippen LogP contribution in [0, 0.1) is 0 Å². The summed E-state index contributed by atoms with van der Waals surface area (Å²) in [6, 6.07) is 13.6. The van der Waals surface area contributed by atoms with E-state index in [0.717, 1.165) is 23.3 Å². The Morgan fingerprint density at radius 3 is 2.50 bits per heavy atom. The lowest BCUT2D eigenvalue weighted by Crippen LogP contribution is -2.42. The van der Waals surface area contributed by atoms with E-state index in [1.807, 2.05) is 32.9 Å². The minimum Gasteiger partial charge on any atom is -0.423 e. The second kappa shape index (κ2) is 10.7. The number of pyridine rings is 1. The van der Waals surface area contributed by atoms with Crippen LogP contribution < -0.4 is 10.8 Å². The molecule has 2 aromatic carbocycles. The van der Waals surface area contributed by atoms with Gasteiger partial charge in [-0.1, -0.05) is 58.2 Å². The minimum absolute atomic E-state index is 0.0235. The summed E-state index contributed by atoms with van der Waals surface area (Å²) in [5.74, 6) is -0.414. The first-order chi connectivity index (χ1) is 20.6. The van der Waals surface area contributed by atoms with Crippen molar-refractivity contribution >= 4 is 64.5 Å². The SMILES string of the molecule is CC(NC(=O)c1ccc(C2=NOC(c3cc(Cl)c(Cl)c(Cl)c3)(C(F)(F)F)C2)c2cccn12)c1ccc2c(c1)B(O)OC2(C)C. The number of alkyl halides is 3. The molecule has 0 spiro atoms. The first-order valence-corrected chi connectivity index (χ1v) is 14.6. The van der Waals surface area contributed by atoms with Crippen molar-refractivity contribution in [3.05, 3.63) is 104 Å². The number of nitrogens with zero attached hydrogens (tertiary/aromatic N) is 2. The van der Waals surface area contributed by atoms with Crippen molar-refractivity contribution in [1.29, 1.82) is 0 Å². The molecule has 0 bridgehead atoms. The number of carbonyl (C=O) groups is 1. The number of benzene rings is 2. The maximum absolute atomic E-state index is 14.6. The highest BCUT2D eigenvalue weighted by Gasteiger charge is 2.62. The van der Waals surface area contributed by atoms with Crippen molar-refractivity contribution in [3.63, 3.8) is 0 Å². The Bertz CT molecular complexity index is 1840. The van der Waals surface area contributed by atoms with Crippen molar-refractivity contribution in [3.8, 4) is 0 Å². The Morgan fingerprint density at radius 2 is 1.82 bits per heavy atom. The normalized spacial score (nSPS) is 20.0. The zero-order valence-electron chi connectivity index (χ0n) is 23.5. The number of carbonyl (C=O) groups excluding carboxylic acids is 1. The van der Waals surface area contributed by atoms with E-state index in [0.29, 0.717) is 16.5 Å². The molecule has 2 aliphatic rings. The van der Waals surface area contributed by atoms with Gasteiger partial charge >= 0.3 is 13.3 Å². The van der Waals surface area contributed by atoms with Crippen molar-refractivity contribution < 1.29 is 32.5 Å². The number of oxime groups is 1. The molecular formula is C30H24BCl3F3N3O4. The van der Waals surface area contributed by atoms with Crippen LogP contribution in [0.15, 0.2) is 65.9 Å². The van der Waals surface area contributed by atoms with Crippen LogP contribution >= 0.6 is 34.8 Å². The Morgan fingerprint density at radius 1 is 1.11 bits per heavy atom. The third-order valence-electron chi connectivity index (χ3n) is 8.12. The van der Waals surface area contributed by atoms with Gasteiger partial charge in [0.25, 0.3) is 11.5 Å². The largest absolute Gasteiger partial charge is 0.492 e. The fraction of sp³-hybridized carbons (Fsp3) is 0.267. The molecule has 2 unspecified atom stereocenters. The molecule has 44 heavy (non-hydrogen) atoms. The minimum atomic E-state index is -4.89. The summed E-state index contributed by atoms with van der Waals surface area (Å²) >= 11 is 18.1. The predicted octanol–water partition coefficient (Wildman–Crippen LogP) is 6.93. The van der Waals surface area contributed by atoms with Crippen LogP contribution in [0.4, 0.5) is 13.2 Å². The molecule has 6 rings (SSSR count). The fourth-order valence-electron chi connectivity index (χ4n) is 5.77. The van der Waals surface area contributed by atoms with E-state index in [4.69, 9.17) is 44.3 Å². The van der Waals surface area contributed by atoms with Crippen LogP contribution in [-0.4, -0.2) is 34.3 Å². The van der Waals surface area contributed by atoms with Crippen LogP contribution in [0.25, 0.3) is 5.52 Å². The second-order valence-corrected chi connectivity index (χ2v) is 12.5. The average Bonchev–Trinajstić information content (AvgIpc) is 3.68. The average molecular weight is 665 g/mol. The van der Waals surface area contributed by atoms with E-state index in [1.54, 1.807) is 28.8 Å². The summed E-state index contributed by atoms with van der Waals surface area (Å²) in [7, 11) is -1.07. The quantitative estimate of drug-likeness (QED) is 0.179. The first-order valence-electron chi connectivity index (χ1n) is 13.5. The molecule has 228 valence electrons. The van der Waals surface area contributed by atoms with Gasteiger partial charge in [-0.15, -0.1) is 0 Å². The number of rotatable bonds is 5. The number of fused-ring (bicyclic) bond motifs is 2. The molecular weight excluding hydrogens is 641 g/mol. The molecule has 0 saturated carbocycles. The van der Waals surface area contributed by atoms with E-state index in [2.05, 4.69) is 10.5 Å². The molecule has 4 aromatic rings. The maximum atomic E-state index is 14.6. The number of nitrogens with one attached hydrogen (secondary N) is 1. The molecule has 14 heteroatoms. The van der Waals surface area contributed by atoms with Crippen LogP contribution in [0.1, 0.15) is 66.0 Å². The Kier molecular flexibility index (Phi) is 7.49. The number of halogens is 6. The van der Waals surface area contributed by atoms with Gasteiger partial charge < -0.3 is 24.2 Å². The molecule has 1 amide bonds. The van der Waals surface area contributed by atoms with Crippen LogP contribution in [-0.2, 0) is 20.7 Å². The van der Waals surface area contributed by atoms with Crippen molar-refractivity contribution in [1.82, 2.24) is 9.72 Å². The smallest absolute Gasteiger partial charge is 0.423 e. The van der Waals surface area contributed by atoms with Gasteiger partial charge in [-0.2, -0.15) is 13.2 Å². The lowest BCUT2D eigenvalue weighted by atomic mass is 9.77. The van der Waals surface area contributed by atoms with Crippen molar-refractivity contribution in [2.45, 2.75) is 50.6 Å². The summed E-state index contributed by atoms with van der Waals surface area (Å²) in [6.45, 7) is 5.55. The third-order valence-corrected chi connectivity index (χ3v) is 9.31. The van der Waals surface area contributed by atoms with E-state index < -0.39 is 42.9 Å². The van der Waals surface area contributed by atoms with Gasteiger partial charge in [0.2, 0.25) is 0 Å². The van der Waals surface area contributed by atoms with Gasteiger partial charge in [0.05, 0.1) is 44.4 Å². The fourth-order valence-corrected chi connectivity index (χ4v) is 6.36. The second-order valence-electron chi connectivity index (χ2n) is 11.3. The van der Waals surface area contributed by atoms with E-state index in [-0.39, 0.29) is 32.0 Å². The first kappa shape index (κ1) is 30.8. The van der Waals surface area contributed by atoms with Gasteiger partial charge in [0.15, 0.2) is 0 Å². The third kappa shape index (κ3) is 4.95. The zero-order chi connectivity index (χ0) is 31.8. The van der Waals surface area contributed by atoms with Crippen molar-refractivity contribution in [2.24, 2.45) is 5.16 Å². The summed E-state index contributed by atoms with van der Waals surface area (Å²) < 4.78 is 50.9. The highest BCUT2D eigenvalue weighted by molar-refractivity contribution is 6.62. The van der Waals surface area contributed by atoms with Gasteiger partial charge in [-0.3, -0.25) is 4.79 Å². The van der Waals surface area contributed by atoms with E-state index in [1.165, 1.54) is 12.1 Å². The van der Waals surface area contributed by atoms with Gasteiger partial charge in [0.1, 0.15) is 5.69 Å². The standard InChI is InChI=1S/C30H24BCl3F3N3O4/c1-15(16-6-8-19-20(11-16)31(42)43-28(19,2)3)38-27(41)25-9-7-18(24-5-4-10-40(24)25)23-14-29(44-39-23,30(35,36)37)17-12-21(32)26(34)22(33)13-17/h4-13,15,42H,14H2,1-3H3,(H,38,41). The molecule has 7 nitrogen and oxygen atoms in total. The van der Waals surface area contributed by atoms with Crippen LogP contribution in [0.2, 0.25) is 15.1 Å². The molecule has 2 aliphatic heterocycles. The maximum Gasteiger partial charge on any atom is 0.492 e. The Balaban J connectivity index is 1.28. The number of hydrogen-bond acceptors (Lipinski definition) is 5. The Labute approximate surface area is 265 Å². The summed E-state index contributed by atoms with van der Waals surface area (Å²) in [5.41, 5.74) is -0.459. The number of amides is 1. The van der Waals surface area contributed by atoms with E-state index in [9.17, 15) is 23.0 Å². The van der Waals surface area contributed by atoms with Gasteiger partial charge in [-0.25, -0.2) is 0 Å². The van der Waals surface area contributed by atoms with Crippen molar-refractivity contribution in [2.75, 3.05) is 0 Å². The molecule has 2 atom stereocenters. The predicted molar refractivity (Wildman–Crippen MR) is 163 cm³/mol. The molecule has 0 aliphatic carbocycles. The topological polar surface area (TPSA) is 84.6 Å². The van der Waals surface area contributed by atoms with E-state index >= 15 is 0 Å². The molecule has 0 radical (unpaired) electrons. The zero-order valence-corrected chi connectivity index (χ0v) is 25.7. The monoisotopic (exact) mass is 663 g/mol. The van der Waals surface area contributed by atoms with Gasteiger partial charge in [0, 0.05) is 17.3 Å². The molecule has 0 fully saturated rings. The lowest BCUT2D eigenvalue weighted by molar-refractivity contribution is -0.275. The molecule has 4 heterocycles. The summed E-state index contributed by atoms with van der Waals surface area (Å²) in [5, 5.41) is 16.8. The molecule has 0 saturated heterocycles.